The molecule has 0 aliphatic heterocycles. The van der Waals surface area contributed by atoms with E-state index < -0.39 is 0 Å². The normalized spacial score (nSPS) is 42.3. The molecule has 1 aliphatic carbocycles. The number of rotatable bonds is 2. The Morgan fingerprint density at radius 2 is 2.00 bits per heavy atom. The summed E-state index contributed by atoms with van der Waals surface area (Å²) >= 11 is 0. The quantitative estimate of drug-likeness (QED) is 0.447. The maximum Gasteiger partial charge on any atom is 0.0477 e. The monoisotopic (exact) mass is 131 g/mol. The first-order valence-corrected chi connectivity index (χ1v) is 3.27. The lowest BCUT2D eigenvalue weighted by Gasteiger charge is -2.40. The van der Waals surface area contributed by atoms with Gasteiger partial charge in [-0.3, -0.25) is 0 Å². The van der Waals surface area contributed by atoms with Crippen LogP contribution in [0.4, 0.5) is 0 Å². The lowest BCUT2D eigenvalue weighted by Crippen LogP contribution is -2.50. The van der Waals surface area contributed by atoms with E-state index in [0.29, 0.717) is 0 Å². The van der Waals surface area contributed by atoms with Gasteiger partial charge in [0.1, 0.15) is 0 Å². The SMILES string of the molecule is N[C@@H]1C[C@H](CO)[C@H]1CO. The summed E-state index contributed by atoms with van der Waals surface area (Å²) in [6.07, 6.45) is 0.863. The minimum absolute atomic E-state index is 0.117. The zero-order chi connectivity index (χ0) is 6.85. The summed E-state index contributed by atoms with van der Waals surface area (Å²) in [5.41, 5.74) is 5.53. The van der Waals surface area contributed by atoms with E-state index in [4.69, 9.17) is 15.9 Å². The first-order valence-electron chi connectivity index (χ1n) is 3.27. The van der Waals surface area contributed by atoms with Crippen molar-refractivity contribution in [3.63, 3.8) is 0 Å². The Labute approximate surface area is 54.5 Å². The van der Waals surface area contributed by atoms with E-state index in [9.17, 15) is 0 Å². The molecule has 4 N–H and O–H groups in total. The van der Waals surface area contributed by atoms with E-state index >= 15 is 0 Å². The van der Waals surface area contributed by atoms with Gasteiger partial charge in [0.2, 0.25) is 0 Å². The predicted molar refractivity (Wildman–Crippen MR) is 33.7 cm³/mol. The Hall–Kier alpha value is -0.120. The summed E-state index contributed by atoms with van der Waals surface area (Å²) in [6, 6.07) is 0.118. The Morgan fingerprint density at radius 1 is 1.33 bits per heavy atom. The summed E-state index contributed by atoms with van der Waals surface area (Å²) in [5, 5.41) is 17.3. The molecule has 0 aromatic carbocycles. The lowest BCUT2D eigenvalue weighted by molar-refractivity contribution is 0.0253. The average molecular weight is 131 g/mol. The molecule has 0 heterocycles. The van der Waals surface area contributed by atoms with Gasteiger partial charge in [0.15, 0.2) is 0 Å². The molecule has 0 aromatic rings. The van der Waals surface area contributed by atoms with Gasteiger partial charge in [0.05, 0.1) is 0 Å². The first-order chi connectivity index (χ1) is 4.29. The zero-order valence-electron chi connectivity index (χ0n) is 5.33. The minimum Gasteiger partial charge on any atom is -0.396 e. The zero-order valence-corrected chi connectivity index (χ0v) is 5.33. The highest BCUT2D eigenvalue weighted by molar-refractivity contribution is 4.90. The van der Waals surface area contributed by atoms with Crippen LogP contribution in [0.1, 0.15) is 6.42 Å². The summed E-state index contributed by atoms with van der Waals surface area (Å²) in [4.78, 5) is 0. The van der Waals surface area contributed by atoms with Crippen LogP contribution in [-0.2, 0) is 0 Å². The van der Waals surface area contributed by atoms with E-state index in [2.05, 4.69) is 0 Å². The maximum absolute atomic E-state index is 8.67. The number of hydrogen-bond donors (Lipinski definition) is 3. The van der Waals surface area contributed by atoms with E-state index in [0.717, 1.165) is 6.42 Å². The second-order valence-electron chi connectivity index (χ2n) is 2.69. The summed E-state index contributed by atoms with van der Waals surface area (Å²) in [7, 11) is 0. The third-order valence-electron chi connectivity index (χ3n) is 2.18. The highest BCUT2D eigenvalue weighted by atomic mass is 16.3. The van der Waals surface area contributed by atoms with Crippen molar-refractivity contribution >= 4 is 0 Å². The number of aliphatic hydroxyl groups excluding tert-OH is 2. The van der Waals surface area contributed by atoms with Crippen molar-refractivity contribution in [1.29, 1.82) is 0 Å². The molecule has 1 aliphatic rings. The third kappa shape index (κ3) is 1.08. The third-order valence-corrected chi connectivity index (χ3v) is 2.18. The Morgan fingerprint density at radius 3 is 2.22 bits per heavy atom. The van der Waals surface area contributed by atoms with Gasteiger partial charge in [-0.1, -0.05) is 0 Å². The molecule has 1 rings (SSSR count). The number of hydrogen-bond acceptors (Lipinski definition) is 3. The Balaban J connectivity index is 2.29. The van der Waals surface area contributed by atoms with Gasteiger partial charge in [-0.05, 0) is 12.3 Å². The Kier molecular flexibility index (Phi) is 2.05. The van der Waals surface area contributed by atoms with Crippen LogP contribution < -0.4 is 5.73 Å². The Bertz CT molecular complexity index is 97.1. The molecular formula is C6H13NO2. The average Bonchev–Trinajstić information content (AvgIpc) is 1.83. The standard InChI is InChI=1S/C6H13NO2/c7-6-1-4(2-8)5(6)3-9/h4-6,8-9H,1-3,7H2/t4-,5-,6-/m1/s1. The molecule has 0 saturated heterocycles. The topological polar surface area (TPSA) is 66.5 Å². The molecule has 3 nitrogen and oxygen atoms in total. The van der Waals surface area contributed by atoms with Gasteiger partial charge in [-0.2, -0.15) is 0 Å². The molecule has 0 spiro atoms. The van der Waals surface area contributed by atoms with Gasteiger partial charge in [-0.15, -0.1) is 0 Å². The van der Waals surface area contributed by atoms with Crippen LogP contribution in [-0.4, -0.2) is 29.5 Å². The van der Waals surface area contributed by atoms with E-state index in [-0.39, 0.29) is 31.1 Å². The molecule has 1 saturated carbocycles. The van der Waals surface area contributed by atoms with Crippen LogP contribution in [0.5, 0.6) is 0 Å². The van der Waals surface area contributed by atoms with Crippen molar-refractivity contribution < 1.29 is 10.2 Å². The summed E-state index contributed by atoms with van der Waals surface area (Å²) in [5.74, 6) is 0.403. The molecule has 0 aromatic heterocycles. The van der Waals surface area contributed by atoms with Gasteiger partial charge >= 0.3 is 0 Å². The van der Waals surface area contributed by atoms with Crippen LogP contribution in [0.25, 0.3) is 0 Å². The molecule has 1 fully saturated rings. The van der Waals surface area contributed by atoms with Crippen molar-refractivity contribution in [1.82, 2.24) is 0 Å². The lowest BCUT2D eigenvalue weighted by atomic mass is 9.70. The molecule has 54 valence electrons. The van der Waals surface area contributed by atoms with Gasteiger partial charge in [0, 0.05) is 25.2 Å². The van der Waals surface area contributed by atoms with Crippen molar-refractivity contribution in [3.8, 4) is 0 Å². The number of nitrogens with two attached hydrogens (primary N) is 1. The molecule has 3 atom stereocenters. The molecule has 0 radical (unpaired) electrons. The highest BCUT2D eigenvalue weighted by Gasteiger charge is 2.37. The summed E-state index contributed by atoms with van der Waals surface area (Å²) < 4.78 is 0. The van der Waals surface area contributed by atoms with Crippen molar-refractivity contribution in [3.05, 3.63) is 0 Å². The van der Waals surface area contributed by atoms with Crippen LogP contribution in [0, 0.1) is 11.8 Å². The second-order valence-corrected chi connectivity index (χ2v) is 2.69. The fourth-order valence-electron chi connectivity index (χ4n) is 1.35. The predicted octanol–water partition coefficient (Wildman–Crippen LogP) is -1.07. The second kappa shape index (κ2) is 2.64. The molecule has 9 heavy (non-hydrogen) atoms. The molecule has 3 heteroatoms. The van der Waals surface area contributed by atoms with Crippen LogP contribution in [0.2, 0.25) is 0 Å². The van der Waals surface area contributed by atoms with Crippen molar-refractivity contribution in [2.75, 3.05) is 13.2 Å². The van der Waals surface area contributed by atoms with E-state index in [1.54, 1.807) is 0 Å². The van der Waals surface area contributed by atoms with Crippen LogP contribution in [0.15, 0.2) is 0 Å². The van der Waals surface area contributed by atoms with Gasteiger partial charge in [0.25, 0.3) is 0 Å². The molecular weight excluding hydrogens is 118 g/mol. The minimum atomic E-state index is 0.117. The van der Waals surface area contributed by atoms with Crippen LogP contribution in [0.3, 0.4) is 0 Å². The van der Waals surface area contributed by atoms with Crippen LogP contribution >= 0.6 is 0 Å². The molecule has 0 amide bonds. The summed E-state index contributed by atoms with van der Waals surface area (Å²) in [6.45, 7) is 0.283. The van der Waals surface area contributed by atoms with Crippen molar-refractivity contribution in [2.45, 2.75) is 12.5 Å². The number of aliphatic hydroxyl groups is 2. The van der Waals surface area contributed by atoms with E-state index in [1.807, 2.05) is 0 Å². The highest BCUT2D eigenvalue weighted by Crippen LogP contribution is 2.31. The van der Waals surface area contributed by atoms with Crippen molar-refractivity contribution in [2.24, 2.45) is 17.6 Å². The largest absolute Gasteiger partial charge is 0.396 e. The molecule has 0 unspecified atom stereocenters. The fraction of sp³-hybridized carbons (Fsp3) is 1.00. The fourth-order valence-corrected chi connectivity index (χ4v) is 1.35. The van der Waals surface area contributed by atoms with E-state index in [1.165, 1.54) is 0 Å². The smallest absolute Gasteiger partial charge is 0.0477 e. The molecule has 0 bridgehead atoms. The van der Waals surface area contributed by atoms with Gasteiger partial charge in [-0.25, -0.2) is 0 Å². The first kappa shape index (κ1) is 6.99. The maximum atomic E-state index is 8.67. The van der Waals surface area contributed by atoms with Gasteiger partial charge < -0.3 is 15.9 Å².